The normalized spacial score (nSPS) is 15.9. The second-order valence-electron chi connectivity index (χ2n) is 11.6. The lowest BCUT2D eigenvalue weighted by molar-refractivity contribution is 0.181. The molecule has 0 aliphatic carbocycles. The number of likely N-dealkylation sites (N-methyl/N-ethyl adjacent to an activating group) is 1. The molecule has 1 fully saturated rings. The Kier molecular flexibility index (Phi) is 9.18. The molecule has 38 heavy (non-hydrogen) atoms. The van der Waals surface area contributed by atoms with Crippen LogP contribution in [0.1, 0.15) is 40.5 Å². The lowest BCUT2D eigenvalue weighted by atomic mass is 10.2. The highest BCUT2D eigenvalue weighted by Gasteiger charge is 2.50. The minimum absolute atomic E-state index is 0.0283. The van der Waals surface area contributed by atoms with E-state index >= 15 is 0 Å². The van der Waals surface area contributed by atoms with Gasteiger partial charge in [-0.1, -0.05) is 81.4 Å². The fourth-order valence-electron chi connectivity index (χ4n) is 5.56. The molecular weight excluding hydrogens is 486 g/mol. The topological polar surface area (TPSA) is 51.0 Å². The molecule has 0 spiro atoms. The van der Waals surface area contributed by atoms with Gasteiger partial charge in [0.25, 0.3) is 8.32 Å². The van der Waals surface area contributed by atoms with Gasteiger partial charge in [0, 0.05) is 44.0 Å². The van der Waals surface area contributed by atoms with Crippen molar-refractivity contribution in [1.29, 1.82) is 0 Å². The van der Waals surface area contributed by atoms with E-state index in [0.29, 0.717) is 6.61 Å². The van der Waals surface area contributed by atoms with Crippen molar-refractivity contribution < 1.29 is 9.16 Å². The van der Waals surface area contributed by atoms with Gasteiger partial charge in [0.05, 0.1) is 12.3 Å². The maximum absolute atomic E-state index is 7.23. The van der Waals surface area contributed by atoms with E-state index in [1.807, 2.05) is 12.1 Å². The van der Waals surface area contributed by atoms with Crippen LogP contribution in [0.2, 0.25) is 5.04 Å². The quantitative estimate of drug-likeness (QED) is 0.223. The molecule has 1 aliphatic heterocycles. The second kappa shape index (κ2) is 12.4. The maximum Gasteiger partial charge on any atom is 0.261 e. The molecule has 4 rings (SSSR count). The van der Waals surface area contributed by atoms with Crippen molar-refractivity contribution in [2.75, 3.05) is 50.5 Å². The number of rotatable bonds is 10. The highest BCUT2D eigenvalue weighted by molar-refractivity contribution is 6.99. The summed E-state index contributed by atoms with van der Waals surface area (Å²) < 4.78 is 13.6. The van der Waals surface area contributed by atoms with E-state index in [0.717, 1.165) is 56.1 Å². The summed E-state index contributed by atoms with van der Waals surface area (Å²) in [5.41, 5.74) is 8.01. The Morgan fingerprint density at radius 1 is 0.868 bits per heavy atom. The van der Waals surface area contributed by atoms with Crippen LogP contribution in [-0.4, -0.2) is 59.2 Å². The summed E-state index contributed by atoms with van der Waals surface area (Å²) >= 11 is 0. The lowest BCUT2D eigenvalue weighted by Gasteiger charge is -2.44. The van der Waals surface area contributed by atoms with Gasteiger partial charge in [-0.15, -0.1) is 0 Å². The Hall–Kier alpha value is -2.80. The monoisotopic (exact) mass is 531 g/mol. The van der Waals surface area contributed by atoms with Crippen LogP contribution in [0.3, 0.4) is 0 Å². The van der Waals surface area contributed by atoms with Crippen LogP contribution in [0.15, 0.2) is 78.9 Å². The highest BCUT2D eigenvalue weighted by Crippen LogP contribution is 2.38. The van der Waals surface area contributed by atoms with Gasteiger partial charge >= 0.3 is 0 Å². The number of hydrogen-bond donors (Lipinski definition) is 1. The zero-order valence-corrected chi connectivity index (χ0v) is 24.8. The predicted molar refractivity (Wildman–Crippen MR) is 163 cm³/mol. The highest BCUT2D eigenvalue weighted by atomic mass is 28.4. The minimum Gasteiger partial charge on any atom is -0.491 e. The van der Waals surface area contributed by atoms with Gasteiger partial charge in [0.2, 0.25) is 0 Å². The van der Waals surface area contributed by atoms with Gasteiger partial charge in [0.1, 0.15) is 5.75 Å². The molecule has 6 heteroatoms. The average molecular weight is 532 g/mol. The molecule has 2 N–H and O–H groups in total. The molecule has 0 amide bonds. The standard InChI is InChI=1S/C32H45N3O2Si/c1-26(13-12-24-36-31-25-27(33)18-19-30(31)35-22-20-34(5)21-23-35)37-38(32(2,3)4,28-14-8-6-9-15-28)29-16-10-7-11-17-29/h6-11,14-19,25-26H,12-13,20-24,33H2,1-5H3/t26-/m0/s1. The molecule has 204 valence electrons. The van der Waals surface area contributed by atoms with Crippen molar-refractivity contribution >= 4 is 30.1 Å². The van der Waals surface area contributed by atoms with E-state index in [2.05, 4.69) is 111 Å². The second-order valence-corrected chi connectivity index (χ2v) is 15.9. The molecule has 0 aromatic heterocycles. The molecule has 1 heterocycles. The van der Waals surface area contributed by atoms with Crippen molar-refractivity contribution in [2.24, 2.45) is 0 Å². The summed E-state index contributed by atoms with van der Waals surface area (Å²) in [6.07, 6.45) is 1.94. The number of anilines is 2. The molecule has 3 aromatic rings. The minimum atomic E-state index is -2.55. The Bertz CT molecular complexity index is 1100. The van der Waals surface area contributed by atoms with Crippen molar-refractivity contribution in [3.8, 4) is 5.75 Å². The fourth-order valence-corrected chi connectivity index (χ4v) is 10.3. The van der Waals surface area contributed by atoms with Crippen LogP contribution in [-0.2, 0) is 4.43 Å². The fraction of sp³-hybridized carbons (Fsp3) is 0.438. The third-order valence-corrected chi connectivity index (χ3v) is 12.8. The van der Waals surface area contributed by atoms with Gasteiger partial charge < -0.3 is 24.7 Å². The zero-order chi connectivity index (χ0) is 27.2. The predicted octanol–water partition coefficient (Wildman–Crippen LogP) is 5.14. The smallest absolute Gasteiger partial charge is 0.261 e. The molecule has 0 unspecified atom stereocenters. The van der Waals surface area contributed by atoms with Crippen LogP contribution in [0, 0.1) is 0 Å². The number of nitrogen functional groups attached to an aromatic ring is 1. The van der Waals surface area contributed by atoms with Crippen LogP contribution >= 0.6 is 0 Å². The number of piperazine rings is 1. The number of hydrogen-bond acceptors (Lipinski definition) is 5. The number of ether oxygens (including phenoxy) is 1. The third-order valence-electron chi connectivity index (χ3n) is 7.64. The van der Waals surface area contributed by atoms with Gasteiger partial charge in [0.15, 0.2) is 0 Å². The van der Waals surface area contributed by atoms with E-state index < -0.39 is 8.32 Å². The Morgan fingerprint density at radius 2 is 1.45 bits per heavy atom. The van der Waals surface area contributed by atoms with Crippen LogP contribution in [0.5, 0.6) is 5.75 Å². The van der Waals surface area contributed by atoms with Crippen molar-refractivity contribution in [2.45, 2.75) is 51.7 Å². The first-order valence-electron chi connectivity index (χ1n) is 14.0. The van der Waals surface area contributed by atoms with E-state index in [9.17, 15) is 0 Å². The number of benzene rings is 3. The van der Waals surface area contributed by atoms with Gasteiger partial charge in [-0.2, -0.15) is 0 Å². The molecule has 3 aromatic carbocycles. The molecular formula is C32H45N3O2Si. The van der Waals surface area contributed by atoms with Crippen molar-refractivity contribution in [3.63, 3.8) is 0 Å². The van der Waals surface area contributed by atoms with E-state index in [1.165, 1.54) is 10.4 Å². The van der Waals surface area contributed by atoms with Gasteiger partial charge in [-0.25, -0.2) is 0 Å². The van der Waals surface area contributed by atoms with Crippen molar-refractivity contribution in [1.82, 2.24) is 4.90 Å². The largest absolute Gasteiger partial charge is 0.491 e. The summed E-state index contributed by atoms with van der Waals surface area (Å²) in [6.45, 7) is 14.0. The third kappa shape index (κ3) is 6.42. The first-order valence-corrected chi connectivity index (χ1v) is 15.9. The molecule has 1 aliphatic rings. The van der Waals surface area contributed by atoms with Crippen molar-refractivity contribution in [3.05, 3.63) is 78.9 Å². The molecule has 0 bridgehead atoms. The summed E-state index contributed by atoms with van der Waals surface area (Å²) in [4.78, 5) is 4.77. The number of nitrogens with two attached hydrogens (primary N) is 1. The molecule has 1 saturated heterocycles. The van der Waals surface area contributed by atoms with Crippen LogP contribution in [0.25, 0.3) is 0 Å². The molecule has 1 atom stereocenters. The van der Waals surface area contributed by atoms with E-state index in [-0.39, 0.29) is 11.1 Å². The van der Waals surface area contributed by atoms with E-state index in [1.54, 1.807) is 0 Å². The SMILES string of the molecule is C[C@@H](CCCOc1cc(N)ccc1N1CCN(C)CC1)O[Si](c1ccccc1)(c1ccccc1)C(C)(C)C. The summed E-state index contributed by atoms with van der Waals surface area (Å²) in [6, 6.07) is 27.8. The summed E-state index contributed by atoms with van der Waals surface area (Å²) in [5, 5.41) is 2.61. The zero-order valence-electron chi connectivity index (χ0n) is 23.8. The molecule has 5 nitrogen and oxygen atoms in total. The van der Waals surface area contributed by atoms with E-state index in [4.69, 9.17) is 14.9 Å². The van der Waals surface area contributed by atoms with Gasteiger partial charge in [-0.3, -0.25) is 0 Å². The lowest BCUT2D eigenvalue weighted by Crippen LogP contribution is -2.67. The summed E-state index contributed by atoms with van der Waals surface area (Å²) in [5.74, 6) is 0.884. The average Bonchev–Trinajstić information content (AvgIpc) is 2.91. The first kappa shape index (κ1) is 28.2. The molecule has 0 radical (unpaired) electrons. The Labute approximate surface area is 230 Å². The molecule has 0 saturated carbocycles. The number of nitrogens with zero attached hydrogens (tertiary/aromatic N) is 2. The van der Waals surface area contributed by atoms with Crippen LogP contribution < -0.4 is 25.7 Å². The Morgan fingerprint density at radius 3 is 2.00 bits per heavy atom. The van der Waals surface area contributed by atoms with Gasteiger partial charge in [-0.05, 0) is 54.4 Å². The first-order chi connectivity index (χ1) is 18.2. The Balaban J connectivity index is 1.45. The van der Waals surface area contributed by atoms with Crippen LogP contribution in [0.4, 0.5) is 11.4 Å². The summed E-state index contributed by atoms with van der Waals surface area (Å²) in [7, 11) is -0.375. The maximum atomic E-state index is 7.23.